The van der Waals surface area contributed by atoms with E-state index >= 15 is 0 Å². The lowest BCUT2D eigenvalue weighted by Crippen LogP contribution is -1.93. The molecule has 0 unspecified atom stereocenters. The molecule has 0 N–H and O–H groups in total. The van der Waals surface area contributed by atoms with Crippen molar-refractivity contribution in [2.45, 2.75) is 0 Å². The average molecular weight is 569 g/mol. The summed E-state index contributed by atoms with van der Waals surface area (Å²) in [6.45, 7) is 0. The first-order valence-corrected chi connectivity index (χ1v) is 14.7. The third kappa shape index (κ3) is 4.63. The van der Waals surface area contributed by atoms with Crippen LogP contribution in [0.3, 0.4) is 0 Å². The Balaban J connectivity index is 1.14. The molecule has 43 heavy (non-hydrogen) atoms. The van der Waals surface area contributed by atoms with Crippen LogP contribution in [0.1, 0.15) is 0 Å². The predicted molar refractivity (Wildman–Crippen MR) is 181 cm³/mol. The van der Waals surface area contributed by atoms with Crippen molar-refractivity contribution in [3.63, 3.8) is 0 Å². The van der Waals surface area contributed by atoms with Crippen molar-refractivity contribution in [3.8, 4) is 44.9 Å². The van der Waals surface area contributed by atoms with Crippen molar-refractivity contribution < 1.29 is 0 Å². The average Bonchev–Trinajstić information content (AvgIpc) is 3.08. The van der Waals surface area contributed by atoms with E-state index in [4.69, 9.17) is 16.6 Å². The van der Waals surface area contributed by atoms with Crippen molar-refractivity contribution in [1.29, 1.82) is 0 Å². The van der Waals surface area contributed by atoms with E-state index in [1.54, 1.807) is 0 Å². The van der Waals surface area contributed by atoms with Gasteiger partial charge in [0.1, 0.15) is 5.15 Å². The summed E-state index contributed by atoms with van der Waals surface area (Å²) in [6, 6.07) is 53.1. The van der Waals surface area contributed by atoms with E-state index in [2.05, 4.69) is 145 Å². The summed E-state index contributed by atoms with van der Waals surface area (Å²) < 4.78 is 0. The van der Waals surface area contributed by atoms with Crippen LogP contribution in [0.15, 0.2) is 152 Å². The number of rotatable bonds is 4. The number of halogens is 1. The highest BCUT2D eigenvalue weighted by molar-refractivity contribution is 6.29. The Hall–Kier alpha value is -5.31. The molecule has 2 nitrogen and oxygen atoms in total. The van der Waals surface area contributed by atoms with Crippen molar-refractivity contribution in [2.75, 3.05) is 0 Å². The van der Waals surface area contributed by atoms with Crippen LogP contribution in [0, 0.1) is 0 Å². The second-order valence-corrected chi connectivity index (χ2v) is 11.2. The predicted octanol–water partition coefficient (Wildman–Crippen LogP) is 11.3. The molecule has 0 aliphatic carbocycles. The zero-order valence-electron chi connectivity index (χ0n) is 23.2. The van der Waals surface area contributed by atoms with Gasteiger partial charge in [0.05, 0.1) is 5.69 Å². The van der Waals surface area contributed by atoms with Gasteiger partial charge in [-0.15, -0.1) is 0 Å². The molecular formula is C40H25ClN2. The topological polar surface area (TPSA) is 25.8 Å². The Morgan fingerprint density at radius 3 is 1.40 bits per heavy atom. The monoisotopic (exact) mass is 568 g/mol. The van der Waals surface area contributed by atoms with Crippen molar-refractivity contribution in [1.82, 2.24) is 9.97 Å². The molecule has 8 aromatic rings. The van der Waals surface area contributed by atoms with Gasteiger partial charge in [0, 0.05) is 17.2 Å². The zero-order valence-corrected chi connectivity index (χ0v) is 24.0. The SMILES string of the molecule is Clc1cc(-c2ccc(-c3ccccc3)cc2)nc(-c2ccc(-c3ccc4c5ccccc5c5ccccc5c4c3)cc2)n1. The first-order valence-electron chi connectivity index (χ1n) is 14.4. The van der Waals surface area contributed by atoms with E-state index in [0.29, 0.717) is 11.0 Å². The summed E-state index contributed by atoms with van der Waals surface area (Å²) in [7, 11) is 0. The highest BCUT2D eigenvalue weighted by atomic mass is 35.5. The minimum Gasteiger partial charge on any atom is -0.228 e. The van der Waals surface area contributed by atoms with E-state index in [-0.39, 0.29) is 0 Å². The van der Waals surface area contributed by atoms with Crippen molar-refractivity contribution in [3.05, 3.63) is 157 Å². The molecule has 7 aromatic carbocycles. The fourth-order valence-corrected chi connectivity index (χ4v) is 6.24. The molecule has 0 aliphatic rings. The standard InChI is InChI=1S/C40H25ClN2/c41-39-25-38(29-18-14-27(15-19-29)26-8-2-1-3-9-26)42-40(43-39)30-20-16-28(17-21-30)31-22-23-36-34-12-5-4-10-32(34)33-11-6-7-13-35(33)37(36)24-31/h1-25H. The summed E-state index contributed by atoms with van der Waals surface area (Å²) >= 11 is 6.50. The Morgan fingerprint density at radius 2 is 0.767 bits per heavy atom. The van der Waals surface area contributed by atoms with Gasteiger partial charge < -0.3 is 0 Å². The first-order chi connectivity index (χ1) is 21.2. The van der Waals surface area contributed by atoms with Gasteiger partial charge in [0.2, 0.25) is 0 Å². The molecule has 0 saturated heterocycles. The molecule has 3 heteroatoms. The van der Waals surface area contributed by atoms with Gasteiger partial charge in [0.15, 0.2) is 5.82 Å². The number of fused-ring (bicyclic) bond motifs is 6. The number of hydrogen-bond donors (Lipinski definition) is 0. The van der Waals surface area contributed by atoms with E-state index in [0.717, 1.165) is 27.9 Å². The van der Waals surface area contributed by atoms with Crippen LogP contribution in [-0.2, 0) is 0 Å². The molecule has 0 fully saturated rings. The lowest BCUT2D eigenvalue weighted by molar-refractivity contribution is 1.18. The van der Waals surface area contributed by atoms with Crippen molar-refractivity contribution >= 4 is 43.9 Å². The highest BCUT2D eigenvalue weighted by Crippen LogP contribution is 2.37. The molecule has 0 atom stereocenters. The number of hydrogen-bond acceptors (Lipinski definition) is 2. The fraction of sp³-hybridized carbons (Fsp3) is 0. The molecule has 1 heterocycles. The summed E-state index contributed by atoms with van der Waals surface area (Å²) in [5, 5.41) is 8.07. The first kappa shape index (κ1) is 25.4. The summed E-state index contributed by atoms with van der Waals surface area (Å²) in [5.41, 5.74) is 7.38. The van der Waals surface area contributed by atoms with Gasteiger partial charge in [0.25, 0.3) is 0 Å². The van der Waals surface area contributed by atoms with Gasteiger partial charge in [-0.25, -0.2) is 9.97 Å². The quantitative estimate of drug-likeness (QED) is 0.156. The number of aromatic nitrogens is 2. The molecule has 8 rings (SSSR count). The van der Waals surface area contributed by atoms with Gasteiger partial charge in [-0.1, -0.05) is 151 Å². The Morgan fingerprint density at radius 1 is 0.326 bits per heavy atom. The normalized spacial score (nSPS) is 11.4. The van der Waals surface area contributed by atoms with Gasteiger partial charge in [-0.05, 0) is 60.6 Å². The van der Waals surface area contributed by atoms with E-state index < -0.39 is 0 Å². The van der Waals surface area contributed by atoms with Gasteiger partial charge >= 0.3 is 0 Å². The molecule has 1 aromatic heterocycles. The molecule has 0 aliphatic heterocycles. The van der Waals surface area contributed by atoms with Crippen LogP contribution in [-0.4, -0.2) is 9.97 Å². The van der Waals surface area contributed by atoms with Gasteiger partial charge in [-0.3, -0.25) is 0 Å². The Labute approximate surface area is 254 Å². The fourth-order valence-electron chi connectivity index (χ4n) is 6.06. The largest absolute Gasteiger partial charge is 0.228 e. The maximum absolute atomic E-state index is 6.50. The minimum absolute atomic E-state index is 0.421. The maximum atomic E-state index is 6.50. The third-order valence-electron chi connectivity index (χ3n) is 8.20. The Bertz CT molecular complexity index is 2240. The van der Waals surface area contributed by atoms with Crippen LogP contribution in [0.2, 0.25) is 5.15 Å². The van der Waals surface area contributed by atoms with E-state index in [9.17, 15) is 0 Å². The third-order valence-corrected chi connectivity index (χ3v) is 8.40. The highest BCUT2D eigenvalue weighted by Gasteiger charge is 2.12. The van der Waals surface area contributed by atoms with E-state index in [1.165, 1.54) is 43.4 Å². The smallest absolute Gasteiger partial charge is 0.161 e. The van der Waals surface area contributed by atoms with Gasteiger partial charge in [-0.2, -0.15) is 0 Å². The summed E-state index contributed by atoms with van der Waals surface area (Å²) in [5.74, 6) is 0.608. The second kappa shape index (κ2) is 10.5. The summed E-state index contributed by atoms with van der Waals surface area (Å²) in [4.78, 5) is 9.44. The molecule has 0 bridgehead atoms. The van der Waals surface area contributed by atoms with Crippen LogP contribution in [0.25, 0.3) is 77.2 Å². The number of benzene rings is 7. The number of nitrogens with zero attached hydrogens (tertiary/aromatic N) is 2. The molecular weight excluding hydrogens is 544 g/mol. The molecule has 202 valence electrons. The summed E-state index contributed by atoms with van der Waals surface area (Å²) in [6.07, 6.45) is 0. The van der Waals surface area contributed by atoms with Crippen LogP contribution in [0.5, 0.6) is 0 Å². The minimum atomic E-state index is 0.421. The Kier molecular flexibility index (Phi) is 6.21. The van der Waals surface area contributed by atoms with Crippen LogP contribution in [0.4, 0.5) is 0 Å². The molecule has 0 amide bonds. The molecule has 0 spiro atoms. The molecule has 0 radical (unpaired) electrons. The second-order valence-electron chi connectivity index (χ2n) is 10.8. The zero-order chi connectivity index (χ0) is 28.8. The van der Waals surface area contributed by atoms with Crippen LogP contribution < -0.4 is 0 Å². The van der Waals surface area contributed by atoms with E-state index in [1.807, 2.05) is 12.1 Å². The lowest BCUT2D eigenvalue weighted by Gasteiger charge is -2.12. The lowest BCUT2D eigenvalue weighted by atomic mass is 9.92. The van der Waals surface area contributed by atoms with Crippen molar-refractivity contribution in [2.24, 2.45) is 0 Å². The molecule has 0 saturated carbocycles. The maximum Gasteiger partial charge on any atom is 0.161 e. The van der Waals surface area contributed by atoms with Crippen LogP contribution >= 0.6 is 11.6 Å².